The molecule has 1 N–H and O–H groups in total. The quantitative estimate of drug-likeness (QED) is 0.864. The third kappa shape index (κ3) is 3.28. The Balaban J connectivity index is 2.22. The van der Waals surface area contributed by atoms with Gasteiger partial charge in [-0.05, 0) is 29.2 Å². The van der Waals surface area contributed by atoms with Crippen molar-refractivity contribution in [2.45, 2.75) is 45.1 Å². The maximum atomic E-state index is 11.0. The Morgan fingerprint density at radius 2 is 2.37 bits per heavy atom. The first-order valence-electron chi connectivity index (χ1n) is 6.67. The molecular formula is C12H20N4O3. The number of hydrogen-bond acceptors (Lipinski definition) is 5. The van der Waals surface area contributed by atoms with E-state index in [0.717, 1.165) is 25.3 Å². The molecule has 0 spiro atoms. The smallest absolute Gasteiger partial charge is 0.305 e. The number of rotatable bonds is 5. The average molecular weight is 268 g/mol. The largest absolute Gasteiger partial charge is 0.481 e. The third-order valence-corrected chi connectivity index (χ3v) is 3.51. The summed E-state index contributed by atoms with van der Waals surface area (Å²) in [5.41, 5.74) is 0. The van der Waals surface area contributed by atoms with E-state index in [2.05, 4.69) is 15.5 Å². The number of tetrazole rings is 1. The summed E-state index contributed by atoms with van der Waals surface area (Å²) in [5.74, 6) is 0.237. The van der Waals surface area contributed by atoms with Crippen molar-refractivity contribution >= 4 is 5.97 Å². The minimum atomic E-state index is -0.833. The molecule has 0 aliphatic carbocycles. The van der Waals surface area contributed by atoms with Crippen molar-refractivity contribution in [1.29, 1.82) is 0 Å². The first-order valence-corrected chi connectivity index (χ1v) is 6.67. The molecule has 0 bridgehead atoms. The highest BCUT2D eigenvalue weighted by atomic mass is 16.5. The minimum absolute atomic E-state index is 0.0310. The summed E-state index contributed by atoms with van der Waals surface area (Å²) in [6.07, 6.45) is 2.00. The number of carboxylic acid groups (broad SMARTS) is 1. The van der Waals surface area contributed by atoms with E-state index in [1.54, 1.807) is 4.68 Å². The Labute approximate surface area is 111 Å². The SMILES string of the molecule is CC(C)C(CC(=O)O)n1nnnc1C1CCCOC1. The van der Waals surface area contributed by atoms with Crippen molar-refractivity contribution in [2.24, 2.45) is 5.92 Å². The molecule has 0 aromatic carbocycles. The van der Waals surface area contributed by atoms with E-state index in [9.17, 15) is 4.79 Å². The van der Waals surface area contributed by atoms with Gasteiger partial charge in [0, 0.05) is 12.5 Å². The third-order valence-electron chi connectivity index (χ3n) is 3.51. The van der Waals surface area contributed by atoms with Gasteiger partial charge in [-0.1, -0.05) is 13.8 Å². The summed E-state index contributed by atoms with van der Waals surface area (Å²) in [7, 11) is 0. The van der Waals surface area contributed by atoms with Crippen molar-refractivity contribution in [3.05, 3.63) is 5.82 Å². The predicted molar refractivity (Wildman–Crippen MR) is 66.7 cm³/mol. The first kappa shape index (κ1) is 13.9. The number of carboxylic acids is 1. The molecule has 0 radical (unpaired) electrons. The van der Waals surface area contributed by atoms with Crippen LogP contribution in [-0.4, -0.2) is 44.5 Å². The lowest BCUT2D eigenvalue weighted by atomic mass is 9.98. The molecule has 1 fully saturated rings. The summed E-state index contributed by atoms with van der Waals surface area (Å²) in [6, 6.07) is -0.218. The predicted octanol–water partition coefficient (Wildman–Crippen LogP) is 1.24. The molecule has 2 unspecified atom stereocenters. The molecule has 1 aromatic rings. The van der Waals surface area contributed by atoms with Gasteiger partial charge in [0.15, 0.2) is 5.82 Å². The van der Waals surface area contributed by atoms with Crippen LogP contribution in [0.4, 0.5) is 0 Å². The molecule has 2 heterocycles. The summed E-state index contributed by atoms with van der Waals surface area (Å²) in [6.45, 7) is 5.35. The van der Waals surface area contributed by atoms with Crippen LogP contribution in [0.2, 0.25) is 0 Å². The van der Waals surface area contributed by atoms with Gasteiger partial charge in [-0.25, -0.2) is 4.68 Å². The lowest BCUT2D eigenvalue weighted by Crippen LogP contribution is -2.26. The fourth-order valence-corrected chi connectivity index (χ4v) is 2.43. The number of aliphatic carboxylic acids is 1. The van der Waals surface area contributed by atoms with Crippen LogP contribution in [-0.2, 0) is 9.53 Å². The van der Waals surface area contributed by atoms with Gasteiger partial charge in [-0.3, -0.25) is 4.79 Å². The van der Waals surface area contributed by atoms with Gasteiger partial charge in [0.2, 0.25) is 0 Å². The number of hydrogen-bond donors (Lipinski definition) is 1. The fourth-order valence-electron chi connectivity index (χ4n) is 2.43. The van der Waals surface area contributed by atoms with E-state index in [1.165, 1.54) is 0 Å². The molecule has 2 rings (SSSR count). The molecule has 19 heavy (non-hydrogen) atoms. The molecule has 0 amide bonds. The maximum absolute atomic E-state index is 11.0. The van der Waals surface area contributed by atoms with Crippen LogP contribution in [0.1, 0.15) is 50.9 Å². The van der Waals surface area contributed by atoms with Gasteiger partial charge >= 0.3 is 5.97 Å². The van der Waals surface area contributed by atoms with Crippen LogP contribution in [0.25, 0.3) is 0 Å². The second-order valence-electron chi connectivity index (χ2n) is 5.30. The van der Waals surface area contributed by atoms with Gasteiger partial charge in [-0.15, -0.1) is 5.10 Å². The van der Waals surface area contributed by atoms with Gasteiger partial charge in [0.25, 0.3) is 0 Å². The normalized spacial score (nSPS) is 21.5. The van der Waals surface area contributed by atoms with Crippen LogP contribution in [0.3, 0.4) is 0 Å². The lowest BCUT2D eigenvalue weighted by molar-refractivity contribution is -0.138. The Morgan fingerprint density at radius 3 is 2.95 bits per heavy atom. The summed E-state index contributed by atoms with van der Waals surface area (Å²) in [4.78, 5) is 11.0. The second-order valence-corrected chi connectivity index (χ2v) is 5.30. The topological polar surface area (TPSA) is 90.1 Å². The van der Waals surface area contributed by atoms with E-state index >= 15 is 0 Å². The second kappa shape index (κ2) is 6.10. The zero-order valence-corrected chi connectivity index (χ0v) is 11.3. The molecule has 1 aliphatic rings. The molecule has 1 aromatic heterocycles. The van der Waals surface area contributed by atoms with E-state index < -0.39 is 5.97 Å². The van der Waals surface area contributed by atoms with Crippen molar-refractivity contribution in [2.75, 3.05) is 13.2 Å². The molecule has 106 valence electrons. The van der Waals surface area contributed by atoms with Crippen LogP contribution in [0.15, 0.2) is 0 Å². The zero-order valence-electron chi connectivity index (χ0n) is 11.3. The van der Waals surface area contributed by atoms with Crippen LogP contribution < -0.4 is 0 Å². The van der Waals surface area contributed by atoms with Crippen molar-refractivity contribution in [3.63, 3.8) is 0 Å². The summed E-state index contributed by atoms with van der Waals surface area (Å²) in [5, 5.41) is 20.8. The summed E-state index contributed by atoms with van der Waals surface area (Å²) >= 11 is 0. The van der Waals surface area contributed by atoms with Gasteiger partial charge in [-0.2, -0.15) is 0 Å². The monoisotopic (exact) mass is 268 g/mol. The van der Waals surface area contributed by atoms with Gasteiger partial charge in [0.05, 0.1) is 19.1 Å². The number of aromatic nitrogens is 4. The number of nitrogens with zero attached hydrogens (tertiary/aromatic N) is 4. The Hall–Kier alpha value is -1.50. The van der Waals surface area contributed by atoms with E-state index in [1.807, 2.05) is 13.8 Å². The Bertz CT molecular complexity index is 426. The van der Waals surface area contributed by atoms with Crippen LogP contribution >= 0.6 is 0 Å². The Morgan fingerprint density at radius 1 is 1.58 bits per heavy atom. The van der Waals surface area contributed by atoms with Crippen molar-refractivity contribution < 1.29 is 14.6 Å². The minimum Gasteiger partial charge on any atom is -0.481 e. The lowest BCUT2D eigenvalue weighted by Gasteiger charge is -2.25. The molecule has 2 atom stereocenters. The molecular weight excluding hydrogens is 248 g/mol. The fraction of sp³-hybridized carbons (Fsp3) is 0.833. The van der Waals surface area contributed by atoms with Crippen molar-refractivity contribution in [1.82, 2.24) is 20.2 Å². The average Bonchev–Trinajstić information content (AvgIpc) is 2.85. The van der Waals surface area contributed by atoms with Crippen molar-refractivity contribution in [3.8, 4) is 0 Å². The zero-order chi connectivity index (χ0) is 13.8. The van der Waals surface area contributed by atoms with Crippen LogP contribution in [0, 0.1) is 5.92 Å². The van der Waals surface area contributed by atoms with Gasteiger partial charge < -0.3 is 9.84 Å². The Kier molecular flexibility index (Phi) is 4.47. The highest BCUT2D eigenvalue weighted by Crippen LogP contribution is 2.28. The molecule has 1 saturated heterocycles. The summed E-state index contributed by atoms with van der Waals surface area (Å²) < 4.78 is 7.14. The molecule has 0 saturated carbocycles. The highest BCUT2D eigenvalue weighted by Gasteiger charge is 2.28. The van der Waals surface area contributed by atoms with E-state index in [0.29, 0.717) is 6.61 Å². The molecule has 1 aliphatic heterocycles. The number of carbonyl (C=O) groups is 1. The van der Waals surface area contributed by atoms with Gasteiger partial charge in [0.1, 0.15) is 0 Å². The van der Waals surface area contributed by atoms with Crippen LogP contribution in [0.5, 0.6) is 0 Å². The van der Waals surface area contributed by atoms with E-state index in [4.69, 9.17) is 9.84 Å². The maximum Gasteiger partial charge on any atom is 0.305 e. The van der Waals surface area contributed by atoms with E-state index in [-0.39, 0.29) is 24.3 Å². The standard InChI is InChI=1S/C12H20N4O3/c1-8(2)10(6-11(17)18)16-12(13-14-15-16)9-4-3-5-19-7-9/h8-10H,3-7H2,1-2H3,(H,17,18). The first-order chi connectivity index (χ1) is 9.09. The molecule has 7 heteroatoms. The molecule has 7 nitrogen and oxygen atoms in total. The number of ether oxygens (including phenoxy) is 1. The highest BCUT2D eigenvalue weighted by molar-refractivity contribution is 5.67.